The molecule has 0 bridgehead atoms. The molecule has 0 aliphatic carbocycles. The lowest BCUT2D eigenvalue weighted by atomic mass is 9.85. The molecule has 2 amide bonds. The van der Waals surface area contributed by atoms with Crippen LogP contribution in [0.15, 0.2) is 42.5 Å². The highest BCUT2D eigenvalue weighted by atomic mass is 16.6. The van der Waals surface area contributed by atoms with E-state index in [4.69, 9.17) is 9.47 Å². The fourth-order valence-corrected chi connectivity index (χ4v) is 5.65. The lowest BCUT2D eigenvalue weighted by molar-refractivity contribution is -0.384. The Morgan fingerprint density at radius 1 is 1.03 bits per heavy atom. The van der Waals surface area contributed by atoms with Gasteiger partial charge in [0.1, 0.15) is 17.2 Å². The minimum Gasteiger partial charge on any atom is -0.497 e. The number of imide groups is 1. The summed E-state index contributed by atoms with van der Waals surface area (Å²) in [5.74, 6) is -1.98. The van der Waals surface area contributed by atoms with Gasteiger partial charge in [-0.15, -0.1) is 0 Å². The second-order valence-corrected chi connectivity index (χ2v) is 8.66. The summed E-state index contributed by atoms with van der Waals surface area (Å²) in [7, 11) is 2.90. The van der Waals surface area contributed by atoms with E-state index in [-0.39, 0.29) is 28.9 Å². The van der Waals surface area contributed by atoms with Gasteiger partial charge in [-0.05, 0) is 49.7 Å². The highest BCUT2D eigenvalue weighted by Gasteiger charge is 2.65. The van der Waals surface area contributed by atoms with Crippen LogP contribution in [-0.2, 0) is 9.59 Å². The summed E-state index contributed by atoms with van der Waals surface area (Å²) in [5.41, 5.74) is 0.201. The van der Waals surface area contributed by atoms with Crippen molar-refractivity contribution < 1.29 is 28.8 Å². The van der Waals surface area contributed by atoms with Crippen LogP contribution in [0.3, 0.4) is 0 Å². The standard InChI is InChI=1S/C24H23N3O7/c1-33-15-8-5-13(6-9-15)22(28)21-20-19(16-4-3-11-25(16)21)23(29)26(24(20)30)17-12-14(27(31)32)7-10-18(17)34-2/h5-10,12,16,19-21H,3-4,11H2,1-2H3/t16-,19-,20+,21-/m1/s1. The Morgan fingerprint density at radius 2 is 1.74 bits per heavy atom. The number of nitro groups is 1. The molecule has 5 rings (SSSR count). The van der Waals surface area contributed by atoms with Crippen LogP contribution in [-0.4, -0.2) is 60.3 Å². The number of hydrogen-bond acceptors (Lipinski definition) is 8. The van der Waals surface area contributed by atoms with Gasteiger partial charge in [0.2, 0.25) is 11.8 Å². The van der Waals surface area contributed by atoms with Gasteiger partial charge in [0.25, 0.3) is 5.69 Å². The number of hydrogen-bond donors (Lipinski definition) is 0. The van der Waals surface area contributed by atoms with Gasteiger partial charge in [-0.2, -0.15) is 0 Å². The molecule has 10 nitrogen and oxygen atoms in total. The van der Waals surface area contributed by atoms with Gasteiger partial charge in [0, 0.05) is 23.7 Å². The predicted molar refractivity (Wildman–Crippen MR) is 120 cm³/mol. The highest BCUT2D eigenvalue weighted by Crippen LogP contribution is 2.50. The minimum atomic E-state index is -0.864. The zero-order chi connectivity index (χ0) is 24.1. The number of nitrogens with zero attached hydrogens (tertiary/aromatic N) is 3. The molecule has 176 valence electrons. The largest absolute Gasteiger partial charge is 0.497 e. The monoisotopic (exact) mass is 465 g/mol. The molecule has 3 aliphatic rings. The molecule has 0 spiro atoms. The molecule has 3 aliphatic heterocycles. The van der Waals surface area contributed by atoms with Gasteiger partial charge in [-0.25, -0.2) is 4.90 Å². The lowest BCUT2D eigenvalue weighted by Gasteiger charge is -2.28. The summed E-state index contributed by atoms with van der Waals surface area (Å²) in [4.78, 5) is 54.6. The van der Waals surface area contributed by atoms with E-state index in [0.717, 1.165) is 11.3 Å². The van der Waals surface area contributed by atoms with Gasteiger partial charge in [-0.1, -0.05) is 0 Å². The van der Waals surface area contributed by atoms with Crippen molar-refractivity contribution in [1.29, 1.82) is 0 Å². The summed E-state index contributed by atoms with van der Waals surface area (Å²) in [6.07, 6.45) is 1.52. The van der Waals surface area contributed by atoms with Crippen LogP contribution in [0.2, 0.25) is 0 Å². The third-order valence-electron chi connectivity index (χ3n) is 7.11. The summed E-state index contributed by atoms with van der Waals surface area (Å²) < 4.78 is 10.5. The van der Waals surface area contributed by atoms with Crippen LogP contribution in [0.5, 0.6) is 11.5 Å². The van der Waals surface area contributed by atoms with Crippen molar-refractivity contribution in [2.75, 3.05) is 25.7 Å². The summed E-state index contributed by atoms with van der Waals surface area (Å²) in [6.45, 7) is 0.630. The zero-order valence-corrected chi connectivity index (χ0v) is 18.7. The number of Topliss-reactive ketones (excluding diaryl/α,β-unsaturated/α-hetero) is 1. The smallest absolute Gasteiger partial charge is 0.271 e. The minimum absolute atomic E-state index is 0.0290. The number of benzene rings is 2. The Hall–Kier alpha value is -3.79. The number of fused-ring (bicyclic) bond motifs is 3. The van der Waals surface area contributed by atoms with Crippen molar-refractivity contribution in [3.05, 3.63) is 58.1 Å². The summed E-state index contributed by atoms with van der Waals surface area (Å²) in [6, 6.07) is 9.45. The van der Waals surface area contributed by atoms with Crippen molar-refractivity contribution in [3.63, 3.8) is 0 Å². The second kappa shape index (κ2) is 8.21. The quantitative estimate of drug-likeness (QED) is 0.276. The number of non-ortho nitro benzene ring substituents is 1. The Labute approximate surface area is 195 Å². The first-order valence-corrected chi connectivity index (χ1v) is 11.0. The van der Waals surface area contributed by atoms with E-state index >= 15 is 0 Å². The number of anilines is 1. The molecule has 34 heavy (non-hydrogen) atoms. The van der Waals surface area contributed by atoms with Crippen LogP contribution in [0.4, 0.5) is 11.4 Å². The molecule has 0 radical (unpaired) electrons. The van der Waals surface area contributed by atoms with Gasteiger partial charge >= 0.3 is 0 Å². The lowest BCUT2D eigenvalue weighted by Crippen LogP contribution is -2.46. The van der Waals surface area contributed by atoms with E-state index in [1.165, 1.54) is 32.4 Å². The molecule has 0 aromatic heterocycles. The third kappa shape index (κ3) is 3.17. The molecule has 3 saturated heterocycles. The molecule has 0 N–H and O–H groups in total. The Bertz CT molecular complexity index is 1200. The zero-order valence-electron chi connectivity index (χ0n) is 18.7. The average molecular weight is 465 g/mol. The number of methoxy groups -OCH3 is 2. The molecule has 4 atom stereocenters. The maximum absolute atomic E-state index is 13.7. The SMILES string of the molecule is COc1ccc(C(=O)[C@H]2[C@H]3C(=O)N(c4cc([N+](=O)[O-])ccc4OC)C(=O)[C@@H]3[C@H]3CCCN32)cc1. The number of carbonyl (C=O) groups is 3. The van der Waals surface area contributed by atoms with Crippen LogP contribution in [0.1, 0.15) is 23.2 Å². The van der Waals surface area contributed by atoms with Crippen molar-refractivity contribution in [2.24, 2.45) is 11.8 Å². The molecular formula is C24H23N3O7. The number of ketones is 1. The summed E-state index contributed by atoms with van der Waals surface area (Å²) in [5, 5.41) is 11.3. The van der Waals surface area contributed by atoms with E-state index in [9.17, 15) is 24.5 Å². The fraction of sp³-hybridized carbons (Fsp3) is 0.375. The van der Waals surface area contributed by atoms with Gasteiger partial charge in [0.05, 0.1) is 37.0 Å². The molecule has 3 fully saturated rings. The summed E-state index contributed by atoms with van der Waals surface area (Å²) >= 11 is 0. The fourth-order valence-electron chi connectivity index (χ4n) is 5.65. The van der Waals surface area contributed by atoms with E-state index in [1.807, 2.05) is 4.90 Å². The van der Waals surface area contributed by atoms with Crippen molar-refractivity contribution in [2.45, 2.75) is 24.9 Å². The van der Waals surface area contributed by atoms with E-state index in [0.29, 0.717) is 24.3 Å². The predicted octanol–water partition coefficient (Wildman–Crippen LogP) is 2.45. The molecule has 2 aromatic carbocycles. The third-order valence-corrected chi connectivity index (χ3v) is 7.11. The van der Waals surface area contributed by atoms with Crippen molar-refractivity contribution in [3.8, 4) is 11.5 Å². The van der Waals surface area contributed by atoms with Gasteiger partial charge in [-0.3, -0.25) is 29.4 Å². The van der Waals surface area contributed by atoms with E-state index in [1.54, 1.807) is 24.3 Å². The highest BCUT2D eigenvalue weighted by molar-refractivity contribution is 6.25. The molecule has 0 unspecified atom stereocenters. The first kappa shape index (κ1) is 22.0. The Morgan fingerprint density at radius 3 is 2.38 bits per heavy atom. The normalized spacial score (nSPS) is 25.9. The van der Waals surface area contributed by atoms with Crippen molar-refractivity contribution in [1.82, 2.24) is 4.90 Å². The number of nitro benzene ring substituents is 1. The maximum Gasteiger partial charge on any atom is 0.271 e. The maximum atomic E-state index is 13.7. The topological polar surface area (TPSA) is 119 Å². The van der Waals surface area contributed by atoms with Crippen LogP contribution >= 0.6 is 0 Å². The van der Waals surface area contributed by atoms with Gasteiger partial charge in [0.15, 0.2) is 5.78 Å². The van der Waals surface area contributed by atoms with Gasteiger partial charge < -0.3 is 9.47 Å². The number of rotatable bonds is 6. The number of carbonyl (C=O) groups excluding carboxylic acids is 3. The van der Waals surface area contributed by atoms with Crippen LogP contribution < -0.4 is 14.4 Å². The second-order valence-electron chi connectivity index (χ2n) is 8.66. The van der Waals surface area contributed by atoms with Crippen LogP contribution in [0, 0.1) is 22.0 Å². The van der Waals surface area contributed by atoms with E-state index in [2.05, 4.69) is 0 Å². The van der Waals surface area contributed by atoms with Crippen LogP contribution in [0.25, 0.3) is 0 Å². The Kier molecular flexibility index (Phi) is 5.32. The average Bonchev–Trinajstić information content (AvgIpc) is 3.50. The molecule has 0 saturated carbocycles. The first-order chi connectivity index (χ1) is 16.4. The number of amides is 2. The molecule has 2 aromatic rings. The first-order valence-electron chi connectivity index (χ1n) is 11.0. The van der Waals surface area contributed by atoms with E-state index < -0.39 is 34.6 Å². The molecule has 10 heteroatoms. The van der Waals surface area contributed by atoms with Crippen molar-refractivity contribution >= 4 is 29.0 Å². The molecule has 3 heterocycles. The number of ether oxygens (including phenoxy) is 2. The Balaban J connectivity index is 1.56. The molecular weight excluding hydrogens is 442 g/mol.